The Morgan fingerprint density at radius 2 is 2.06 bits per heavy atom. The van der Waals surface area contributed by atoms with Crippen molar-refractivity contribution >= 4 is 17.7 Å². The van der Waals surface area contributed by atoms with Gasteiger partial charge in [-0.25, -0.2) is 0 Å². The number of benzene rings is 1. The molecule has 0 atom stereocenters. The monoisotopic (exact) mass is 233 g/mol. The van der Waals surface area contributed by atoms with Crippen molar-refractivity contribution in [3.05, 3.63) is 40.4 Å². The van der Waals surface area contributed by atoms with Crippen molar-refractivity contribution in [3.8, 4) is 11.8 Å². The maximum atomic E-state index is 5.82. The molecule has 0 saturated carbocycles. The van der Waals surface area contributed by atoms with Gasteiger partial charge in [-0.1, -0.05) is 41.3 Å². The third-order valence-electron chi connectivity index (χ3n) is 2.08. The molecule has 0 amide bonds. The Labute approximate surface area is 103 Å². The van der Waals surface area contributed by atoms with Crippen LogP contribution in [0.3, 0.4) is 0 Å². The molecule has 0 aliphatic heterocycles. The maximum absolute atomic E-state index is 5.82. The van der Waals surface area contributed by atoms with E-state index in [2.05, 4.69) is 30.2 Å². The number of hydrogen-bond donors (Lipinski definition) is 1. The van der Waals surface area contributed by atoms with Gasteiger partial charge in [0.1, 0.15) is 0 Å². The van der Waals surface area contributed by atoms with Gasteiger partial charge in [-0.05, 0) is 31.5 Å². The third kappa shape index (κ3) is 5.02. The summed E-state index contributed by atoms with van der Waals surface area (Å²) in [6, 6.07) is 7.82. The quantitative estimate of drug-likeness (QED) is 0.621. The van der Waals surface area contributed by atoms with Gasteiger partial charge in [0.15, 0.2) is 0 Å². The van der Waals surface area contributed by atoms with E-state index in [9.17, 15) is 0 Å². The van der Waals surface area contributed by atoms with Crippen LogP contribution in [0.4, 0.5) is 0 Å². The Morgan fingerprint density at radius 1 is 1.38 bits per heavy atom. The molecule has 0 heterocycles. The van der Waals surface area contributed by atoms with Crippen LogP contribution in [-0.4, -0.2) is 13.1 Å². The molecular weight excluding hydrogens is 218 g/mol. The Balaban J connectivity index is 2.48. The van der Waals surface area contributed by atoms with Gasteiger partial charge in [-0.15, -0.1) is 5.92 Å². The van der Waals surface area contributed by atoms with E-state index in [1.54, 1.807) is 0 Å². The zero-order valence-corrected chi connectivity index (χ0v) is 10.4. The summed E-state index contributed by atoms with van der Waals surface area (Å²) in [7, 11) is 0. The molecular formula is C14H16ClN. The van der Waals surface area contributed by atoms with E-state index in [4.69, 9.17) is 11.6 Å². The van der Waals surface area contributed by atoms with E-state index >= 15 is 0 Å². The van der Waals surface area contributed by atoms with Crippen LogP contribution in [0, 0.1) is 11.8 Å². The van der Waals surface area contributed by atoms with Crippen molar-refractivity contribution in [2.45, 2.75) is 13.8 Å². The Kier molecular flexibility index (Phi) is 5.71. The fourth-order valence-corrected chi connectivity index (χ4v) is 1.43. The molecule has 0 unspecified atom stereocenters. The van der Waals surface area contributed by atoms with Gasteiger partial charge in [0.05, 0.1) is 6.54 Å². The predicted molar refractivity (Wildman–Crippen MR) is 71.4 cm³/mol. The van der Waals surface area contributed by atoms with Gasteiger partial charge in [0.2, 0.25) is 0 Å². The van der Waals surface area contributed by atoms with E-state index in [-0.39, 0.29) is 0 Å². The van der Waals surface area contributed by atoms with E-state index in [0.717, 1.165) is 18.1 Å². The Morgan fingerprint density at radius 3 is 2.69 bits per heavy atom. The van der Waals surface area contributed by atoms with Gasteiger partial charge in [-0.3, -0.25) is 0 Å². The first kappa shape index (κ1) is 12.8. The zero-order chi connectivity index (χ0) is 11.8. The molecule has 16 heavy (non-hydrogen) atoms. The molecule has 84 valence electrons. The summed E-state index contributed by atoms with van der Waals surface area (Å²) in [5.41, 5.74) is 2.45. The zero-order valence-electron chi connectivity index (χ0n) is 9.68. The summed E-state index contributed by atoms with van der Waals surface area (Å²) < 4.78 is 0. The fourth-order valence-electron chi connectivity index (χ4n) is 1.31. The topological polar surface area (TPSA) is 12.0 Å². The minimum atomic E-state index is 0.738. The van der Waals surface area contributed by atoms with Gasteiger partial charge in [0, 0.05) is 11.6 Å². The van der Waals surface area contributed by atoms with Crippen molar-refractivity contribution in [1.29, 1.82) is 0 Å². The molecule has 0 aliphatic rings. The minimum Gasteiger partial charge on any atom is -0.302 e. The van der Waals surface area contributed by atoms with Gasteiger partial charge >= 0.3 is 0 Å². The first-order valence-electron chi connectivity index (χ1n) is 5.25. The van der Waals surface area contributed by atoms with Gasteiger partial charge in [-0.2, -0.15) is 0 Å². The summed E-state index contributed by atoms with van der Waals surface area (Å²) in [6.45, 7) is 5.54. The summed E-state index contributed by atoms with van der Waals surface area (Å²) in [6.07, 6.45) is 2.14. The highest BCUT2D eigenvalue weighted by Crippen LogP contribution is 2.12. The normalized spacial score (nSPS) is 10.8. The average Bonchev–Trinajstić information content (AvgIpc) is 2.28. The molecule has 1 aromatic carbocycles. The standard InChI is InChI=1S/C14H16ClN/c1-3-4-9-16-11-12(2)10-13-5-7-14(15)8-6-13/h5-8,10,16H,9,11H2,1-2H3/b12-10+. The summed E-state index contributed by atoms with van der Waals surface area (Å²) in [5.74, 6) is 5.82. The lowest BCUT2D eigenvalue weighted by Gasteiger charge is -2.01. The minimum absolute atomic E-state index is 0.738. The van der Waals surface area contributed by atoms with Crippen LogP contribution in [0.15, 0.2) is 29.8 Å². The first-order chi connectivity index (χ1) is 7.72. The van der Waals surface area contributed by atoms with E-state index in [1.807, 2.05) is 31.2 Å². The smallest absolute Gasteiger partial charge is 0.0578 e. The van der Waals surface area contributed by atoms with Crippen molar-refractivity contribution in [3.63, 3.8) is 0 Å². The summed E-state index contributed by atoms with van der Waals surface area (Å²) in [5, 5.41) is 4.02. The van der Waals surface area contributed by atoms with Gasteiger partial charge < -0.3 is 5.32 Å². The highest BCUT2D eigenvalue weighted by atomic mass is 35.5. The molecule has 1 aromatic rings. The number of nitrogens with one attached hydrogen (secondary N) is 1. The SMILES string of the molecule is CC#CCNC/C(C)=C/c1ccc(Cl)cc1. The number of rotatable bonds is 4. The second-order valence-corrected chi connectivity index (χ2v) is 4.01. The van der Waals surface area contributed by atoms with E-state index in [0.29, 0.717) is 0 Å². The maximum Gasteiger partial charge on any atom is 0.0578 e. The number of halogens is 1. The van der Waals surface area contributed by atoms with Gasteiger partial charge in [0.25, 0.3) is 0 Å². The molecule has 0 aromatic heterocycles. The van der Waals surface area contributed by atoms with Crippen molar-refractivity contribution in [2.75, 3.05) is 13.1 Å². The van der Waals surface area contributed by atoms with Crippen molar-refractivity contribution < 1.29 is 0 Å². The highest BCUT2D eigenvalue weighted by Gasteiger charge is 1.91. The van der Waals surface area contributed by atoms with Crippen LogP contribution in [0.1, 0.15) is 19.4 Å². The van der Waals surface area contributed by atoms with Crippen LogP contribution in [0.25, 0.3) is 6.08 Å². The Bertz CT molecular complexity index is 407. The molecule has 1 nitrogen and oxygen atoms in total. The molecule has 0 fully saturated rings. The number of hydrogen-bond acceptors (Lipinski definition) is 1. The van der Waals surface area contributed by atoms with Crippen molar-refractivity contribution in [2.24, 2.45) is 0 Å². The molecule has 0 radical (unpaired) electrons. The molecule has 1 N–H and O–H groups in total. The van der Waals surface area contributed by atoms with Crippen LogP contribution in [0.5, 0.6) is 0 Å². The average molecular weight is 234 g/mol. The summed E-state index contributed by atoms with van der Waals surface area (Å²) >= 11 is 5.82. The lowest BCUT2D eigenvalue weighted by Crippen LogP contribution is -2.16. The lowest BCUT2D eigenvalue weighted by molar-refractivity contribution is 0.829. The molecule has 0 bridgehead atoms. The Hall–Kier alpha value is -1.23. The highest BCUT2D eigenvalue weighted by molar-refractivity contribution is 6.30. The predicted octanol–water partition coefficient (Wildman–Crippen LogP) is 3.36. The summed E-state index contributed by atoms with van der Waals surface area (Å²) in [4.78, 5) is 0. The largest absolute Gasteiger partial charge is 0.302 e. The van der Waals surface area contributed by atoms with Crippen molar-refractivity contribution in [1.82, 2.24) is 5.32 Å². The second kappa shape index (κ2) is 7.11. The molecule has 0 aliphatic carbocycles. The first-order valence-corrected chi connectivity index (χ1v) is 5.63. The second-order valence-electron chi connectivity index (χ2n) is 3.57. The molecule has 0 spiro atoms. The molecule has 1 rings (SSSR count). The lowest BCUT2D eigenvalue weighted by atomic mass is 10.1. The molecule has 0 saturated heterocycles. The van der Waals surface area contributed by atoms with Crippen LogP contribution in [-0.2, 0) is 0 Å². The van der Waals surface area contributed by atoms with E-state index in [1.165, 1.54) is 11.1 Å². The molecule has 2 heteroatoms. The van der Waals surface area contributed by atoms with E-state index < -0.39 is 0 Å². The van der Waals surface area contributed by atoms with Crippen LogP contribution < -0.4 is 5.32 Å². The third-order valence-corrected chi connectivity index (χ3v) is 2.33. The van der Waals surface area contributed by atoms with Crippen LogP contribution >= 0.6 is 11.6 Å². The van der Waals surface area contributed by atoms with Crippen LogP contribution in [0.2, 0.25) is 5.02 Å². The fraction of sp³-hybridized carbons (Fsp3) is 0.286.